The lowest BCUT2D eigenvalue weighted by Crippen LogP contribution is -2.53. The maximum absolute atomic E-state index is 14.5. The quantitative estimate of drug-likeness (QED) is 0.323. The molecule has 0 bridgehead atoms. The molecule has 176 valence electrons. The summed E-state index contributed by atoms with van der Waals surface area (Å²) in [6.07, 6.45) is -1.43. The molecule has 0 aliphatic carbocycles. The molecule has 1 aliphatic heterocycles. The van der Waals surface area contributed by atoms with E-state index < -0.39 is 29.4 Å². The Hall–Kier alpha value is -3.07. The van der Waals surface area contributed by atoms with Crippen molar-refractivity contribution in [1.82, 2.24) is 0 Å². The van der Waals surface area contributed by atoms with Gasteiger partial charge in [0.05, 0.1) is 18.4 Å². The van der Waals surface area contributed by atoms with E-state index in [2.05, 4.69) is 4.99 Å². The largest absolute Gasteiger partial charge is 0.493 e. The second-order valence-corrected chi connectivity index (χ2v) is 8.15. The van der Waals surface area contributed by atoms with Crippen LogP contribution in [0.5, 0.6) is 5.75 Å². The van der Waals surface area contributed by atoms with Crippen LogP contribution in [-0.2, 0) is 0 Å². The highest BCUT2D eigenvalue weighted by Crippen LogP contribution is 2.45. The molecule has 9 heteroatoms. The molecule has 33 heavy (non-hydrogen) atoms. The van der Waals surface area contributed by atoms with Crippen LogP contribution < -0.4 is 4.74 Å². The molecule has 0 fully saturated rings. The third-order valence-electron chi connectivity index (χ3n) is 6.20. The van der Waals surface area contributed by atoms with E-state index in [0.29, 0.717) is 16.5 Å². The van der Waals surface area contributed by atoms with Crippen LogP contribution in [0.4, 0.5) is 28.9 Å². The minimum absolute atomic E-state index is 0.116. The number of hydrogen-bond donors (Lipinski definition) is 1. The van der Waals surface area contributed by atoms with E-state index in [1.165, 1.54) is 52.1 Å². The van der Waals surface area contributed by atoms with Crippen molar-refractivity contribution < 1.29 is 32.2 Å². The van der Waals surface area contributed by atoms with Crippen LogP contribution in [0.3, 0.4) is 0 Å². The monoisotopic (exact) mass is 465 g/mol. The fourth-order valence-electron chi connectivity index (χ4n) is 3.91. The van der Waals surface area contributed by atoms with Crippen LogP contribution in [0.15, 0.2) is 41.4 Å². The molecular weight excluding hydrogens is 440 g/mol. The molecule has 3 atom stereocenters. The van der Waals surface area contributed by atoms with Gasteiger partial charge in [0, 0.05) is 33.4 Å². The molecule has 5 nitrogen and oxygen atoms in total. The molecule has 2 aromatic carbocycles. The summed E-state index contributed by atoms with van der Waals surface area (Å²) in [5.74, 6) is -3.23. The van der Waals surface area contributed by atoms with Crippen molar-refractivity contribution in [2.45, 2.75) is 38.5 Å². The number of rotatable bonds is 6. The lowest BCUT2D eigenvalue weighted by Gasteiger charge is -2.36. The molecule has 3 unspecified atom stereocenters. The predicted molar refractivity (Wildman–Crippen MR) is 118 cm³/mol. The number of aliphatic imine (C=N–C) groups is 1. The molecule has 1 aliphatic rings. The Labute approximate surface area is 189 Å². The first kappa shape index (κ1) is 24.6. The number of aryl methyl sites for hydroxylation is 1. The summed E-state index contributed by atoms with van der Waals surface area (Å²) in [6, 6.07) is 7.46. The Kier molecular flexibility index (Phi) is 6.74. The Morgan fingerprint density at radius 1 is 1.21 bits per heavy atom. The fourth-order valence-corrected chi connectivity index (χ4v) is 3.91. The van der Waals surface area contributed by atoms with E-state index in [0.717, 1.165) is 0 Å². The number of fused-ring (bicyclic) bond motifs is 1. The summed E-state index contributed by atoms with van der Waals surface area (Å²) in [5, 5.41) is 10.9. The van der Waals surface area contributed by atoms with E-state index in [1.54, 1.807) is 18.2 Å². The number of benzene rings is 2. The highest BCUT2D eigenvalue weighted by molar-refractivity contribution is 5.80. The molecule has 1 heterocycles. The Balaban J connectivity index is 2.05. The third-order valence-corrected chi connectivity index (χ3v) is 6.20. The van der Waals surface area contributed by atoms with E-state index in [4.69, 9.17) is 4.74 Å². The molecular formula is C24H25F4N2O3+. The summed E-state index contributed by atoms with van der Waals surface area (Å²) in [4.78, 5) is 16.0. The number of alkyl halides is 3. The highest BCUT2D eigenvalue weighted by atomic mass is 19.4. The van der Waals surface area contributed by atoms with Gasteiger partial charge in [-0.2, -0.15) is 13.2 Å². The van der Waals surface area contributed by atoms with Crippen molar-refractivity contribution in [3.63, 3.8) is 0 Å². The van der Waals surface area contributed by atoms with Crippen LogP contribution >= 0.6 is 0 Å². The number of hydrogen-bond acceptors (Lipinski definition) is 4. The summed E-state index contributed by atoms with van der Waals surface area (Å²) in [6.45, 7) is 4.33. The highest BCUT2D eigenvalue weighted by Gasteiger charge is 2.57. The minimum atomic E-state index is -5.07. The standard InChI is InChI=1S/C24H25F4N2O3/c1-14-10-11-17(22(33-4)21(14)25)15(2)16(3)23(31,24(26,27)28)13-29-19-8-5-9-20-18(19)7-6-12-30(20)32/h5-11,13,15-16,31H,12H2,1-4H3/q+1. The van der Waals surface area contributed by atoms with E-state index in [1.807, 2.05) is 0 Å². The van der Waals surface area contributed by atoms with Gasteiger partial charge < -0.3 is 9.84 Å². The minimum Gasteiger partial charge on any atom is -0.493 e. The second-order valence-electron chi connectivity index (χ2n) is 8.15. The van der Waals surface area contributed by atoms with Crippen molar-refractivity contribution in [3.05, 3.63) is 63.8 Å². The summed E-state index contributed by atoms with van der Waals surface area (Å²) in [7, 11) is 1.24. The number of ether oxygens (including phenoxy) is 1. The first-order chi connectivity index (χ1) is 15.4. The number of nitrogens with zero attached hydrogens (tertiary/aromatic N) is 2. The first-order valence-electron chi connectivity index (χ1n) is 10.3. The third kappa shape index (κ3) is 4.42. The predicted octanol–water partition coefficient (Wildman–Crippen LogP) is 6.02. The van der Waals surface area contributed by atoms with Crippen molar-refractivity contribution in [3.8, 4) is 5.75 Å². The summed E-state index contributed by atoms with van der Waals surface area (Å²) >= 11 is 0. The lowest BCUT2D eigenvalue weighted by molar-refractivity contribution is -0.452. The van der Waals surface area contributed by atoms with Crippen LogP contribution in [0, 0.1) is 23.6 Å². The average Bonchev–Trinajstić information content (AvgIpc) is 2.77. The van der Waals surface area contributed by atoms with Crippen molar-refractivity contribution in [2.75, 3.05) is 13.7 Å². The zero-order valence-corrected chi connectivity index (χ0v) is 18.7. The number of nitroso groups, excluding NO2 is 1. The summed E-state index contributed by atoms with van der Waals surface area (Å²) < 4.78 is 62.7. The maximum Gasteiger partial charge on any atom is 0.422 e. The van der Waals surface area contributed by atoms with Crippen molar-refractivity contribution in [2.24, 2.45) is 10.9 Å². The van der Waals surface area contributed by atoms with Crippen LogP contribution in [-0.4, -0.2) is 41.5 Å². The molecule has 0 saturated heterocycles. The van der Waals surface area contributed by atoms with Gasteiger partial charge in [-0.1, -0.05) is 32.0 Å². The average molecular weight is 465 g/mol. The van der Waals surface area contributed by atoms with Gasteiger partial charge in [-0.15, -0.1) is 0 Å². The SMILES string of the molecule is COc1c(C(C)C(C)C(O)(C=Nc2cccc3c2C=CC[N+]3=O)C(F)(F)F)ccc(C)c1F. The number of halogens is 4. The van der Waals surface area contributed by atoms with Gasteiger partial charge in [0.1, 0.15) is 0 Å². The van der Waals surface area contributed by atoms with E-state index in [-0.39, 0.29) is 34.8 Å². The molecule has 0 aromatic heterocycles. The lowest BCUT2D eigenvalue weighted by atomic mass is 9.76. The van der Waals surface area contributed by atoms with Crippen LogP contribution in [0.25, 0.3) is 6.08 Å². The Bertz CT molecular complexity index is 1130. The molecule has 0 saturated carbocycles. The molecule has 2 aromatic rings. The molecule has 3 rings (SSSR count). The molecule has 0 spiro atoms. The molecule has 1 N–H and O–H groups in total. The topological polar surface area (TPSA) is 61.9 Å². The fraction of sp³-hybridized carbons (Fsp3) is 0.375. The summed E-state index contributed by atoms with van der Waals surface area (Å²) in [5.41, 5.74) is -2.09. The normalized spacial score (nSPS) is 17.5. The Morgan fingerprint density at radius 3 is 2.55 bits per heavy atom. The van der Waals surface area contributed by atoms with Gasteiger partial charge in [0.25, 0.3) is 5.69 Å². The van der Waals surface area contributed by atoms with Crippen LogP contribution in [0.2, 0.25) is 0 Å². The maximum atomic E-state index is 14.5. The smallest absolute Gasteiger partial charge is 0.422 e. The van der Waals surface area contributed by atoms with Crippen molar-refractivity contribution >= 4 is 23.7 Å². The zero-order valence-electron chi connectivity index (χ0n) is 18.7. The van der Waals surface area contributed by atoms with Gasteiger partial charge in [0.15, 0.2) is 17.2 Å². The van der Waals surface area contributed by atoms with Gasteiger partial charge in [-0.05, 0) is 36.6 Å². The van der Waals surface area contributed by atoms with Gasteiger partial charge in [-0.3, -0.25) is 4.99 Å². The first-order valence-corrected chi connectivity index (χ1v) is 10.3. The molecule has 0 radical (unpaired) electrons. The zero-order chi connectivity index (χ0) is 24.6. The Morgan fingerprint density at radius 2 is 1.91 bits per heavy atom. The van der Waals surface area contributed by atoms with Gasteiger partial charge >= 0.3 is 6.18 Å². The molecule has 0 amide bonds. The van der Waals surface area contributed by atoms with Gasteiger partial charge in [-0.25, -0.2) is 4.39 Å². The second kappa shape index (κ2) is 9.05. The van der Waals surface area contributed by atoms with Crippen LogP contribution in [0.1, 0.15) is 36.5 Å². The number of methoxy groups -OCH3 is 1. The number of aliphatic hydroxyl groups is 1. The van der Waals surface area contributed by atoms with Crippen molar-refractivity contribution in [1.29, 1.82) is 0 Å². The van der Waals surface area contributed by atoms with Gasteiger partial charge in [0.2, 0.25) is 6.54 Å². The van der Waals surface area contributed by atoms with E-state index >= 15 is 0 Å². The van der Waals surface area contributed by atoms with E-state index in [9.17, 15) is 27.6 Å².